The van der Waals surface area contributed by atoms with E-state index in [0.29, 0.717) is 16.7 Å². The Morgan fingerprint density at radius 2 is 1.01 bits per heavy atom. The largest absolute Gasteiger partial charge is 0.481 e. The number of carboxylic acid groups (broad SMARTS) is 2. The number of carbonyl (C=O) groups is 4. The molecule has 6 fully saturated rings. The summed E-state index contributed by atoms with van der Waals surface area (Å²) in [7, 11) is 0. The van der Waals surface area contributed by atoms with E-state index in [1.807, 2.05) is 27.7 Å². The quantitative estimate of drug-likeness (QED) is 0.0610. The molecule has 74 heavy (non-hydrogen) atoms. The number of aliphatic hydroxyl groups is 2. The van der Waals surface area contributed by atoms with Gasteiger partial charge in [0.2, 0.25) is 0 Å². The summed E-state index contributed by atoms with van der Waals surface area (Å²) in [4.78, 5) is 46.2. The lowest BCUT2D eigenvalue weighted by molar-refractivity contribution is -0.154. The molecule has 17 atom stereocenters. The number of aliphatic carboxylic acids is 2. The molecule has 6 N–H and O–H groups in total. The molecule has 0 unspecified atom stereocenters. The first kappa shape index (κ1) is 58.9. The summed E-state index contributed by atoms with van der Waals surface area (Å²) >= 11 is 0. The van der Waals surface area contributed by atoms with Gasteiger partial charge in [-0.2, -0.15) is 0 Å². The molecule has 0 saturated heterocycles. The molecule has 8 aliphatic carbocycles. The molecule has 11 heteroatoms. The Balaban J connectivity index is 0.000000217. The average Bonchev–Trinajstić information content (AvgIpc) is 3.86. The number of esters is 2. The van der Waals surface area contributed by atoms with E-state index in [4.69, 9.17) is 25.4 Å². The lowest BCUT2D eigenvalue weighted by Crippen LogP contribution is -2.51. The van der Waals surface area contributed by atoms with Crippen molar-refractivity contribution < 1.29 is 49.1 Å². The number of ether oxygens (including phenoxy) is 2. The van der Waals surface area contributed by atoms with Gasteiger partial charge in [-0.1, -0.05) is 90.5 Å². The Bertz CT molecular complexity index is 2050. The third kappa shape index (κ3) is 13.0. The highest BCUT2D eigenvalue weighted by molar-refractivity contribution is 5.77. The van der Waals surface area contributed by atoms with E-state index in [1.165, 1.54) is 75.4 Å². The highest BCUT2D eigenvalue weighted by Crippen LogP contribution is 2.69. The average molecular weight is 1030 g/mol. The number of allylic oxidation sites excluding steroid dienone is 2. The fraction of sp³-hybridized carbons (Fsp3) is 0.873. The van der Waals surface area contributed by atoms with E-state index >= 15 is 0 Å². The van der Waals surface area contributed by atoms with Gasteiger partial charge >= 0.3 is 23.9 Å². The Morgan fingerprint density at radius 3 is 1.41 bits per heavy atom. The minimum absolute atomic E-state index is 0.0372. The van der Waals surface area contributed by atoms with Gasteiger partial charge in [0, 0.05) is 19.3 Å². The number of hydrogen-bond acceptors (Lipinski definition) is 9. The first-order valence-electron chi connectivity index (χ1n) is 30.0. The molecule has 11 nitrogen and oxygen atoms in total. The molecule has 0 bridgehead atoms. The predicted octanol–water partition coefficient (Wildman–Crippen LogP) is 13.2. The van der Waals surface area contributed by atoms with Crippen molar-refractivity contribution in [3.63, 3.8) is 0 Å². The van der Waals surface area contributed by atoms with Crippen LogP contribution in [-0.2, 0) is 28.7 Å². The zero-order chi connectivity index (χ0) is 54.2. The summed E-state index contributed by atoms with van der Waals surface area (Å²) in [6.07, 6.45) is 29.8. The first-order chi connectivity index (χ1) is 34.6. The number of fused-ring (bicyclic) bond motifs is 10. The van der Waals surface area contributed by atoms with Gasteiger partial charge < -0.3 is 35.6 Å². The van der Waals surface area contributed by atoms with Gasteiger partial charge in [-0.3, -0.25) is 19.2 Å². The van der Waals surface area contributed by atoms with E-state index in [9.17, 15) is 29.4 Å². The number of carbonyl (C=O) groups excluding carboxylic acids is 2. The van der Waals surface area contributed by atoms with Crippen molar-refractivity contribution in [1.82, 2.24) is 0 Å². The maximum absolute atomic E-state index is 12.4. The number of rotatable bonds is 19. The SMILES string of the molecule is C[C@H](CCCC(C)(C)O)[C@H]1CC[C@H]2[C@@H]3CC=C4C[C@@H](OC(=O)CCC(=O)O)CC[C@]4(C)[C@H]3CC[C@]12C.C[C@H](CCCC(C)(C)O)[C@H]1CC[C@H]2[C@@H]3CC=C4C[C@@H](OC(=O)CC[C@H](N)C(=O)O)CC[C@]4(C)[C@H]3CC[C@]12C. The summed E-state index contributed by atoms with van der Waals surface area (Å²) in [5, 5.41) is 38.1. The molecule has 420 valence electrons. The second-order valence-electron chi connectivity index (χ2n) is 28.4. The Kier molecular flexibility index (Phi) is 18.5. The van der Waals surface area contributed by atoms with E-state index in [1.54, 1.807) is 0 Å². The van der Waals surface area contributed by atoms with Crippen molar-refractivity contribution >= 4 is 23.9 Å². The topological polar surface area (TPSA) is 194 Å². The third-order valence-corrected chi connectivity index (χ3v) is 22.6. The van der Waals surface area contributed by atoms with E-state index in [2.05, 4.69) is 53.7 Å². The monoisotopic (exact) mass is 1030 g/mol. The molecule has 0 amide bonds. The highest BCUT2D eigenvalue weighted by Gasteiger charge is 2.61. The van der Waals surface area contributed by atoms with Crippen LogP contribution in [0.2, 0.25) is 0 Å². The van der Waals surface area contributed by atoms with Crippen molar-refractivity contribution in [2.75, 3.05) is 0 Å². The number of carboxylic acids is 2. The second-order valence-corrected chi connectivity index (χ2v) is 28.4. The van der Waals surface area contributed by atoms with Crippen LogP contribution in [0.25, 0.3) is 0 Å². The van der Waals surface area contributed by atoms with E-state index in [-0.39, 0.29) is 60.7 Å². The molecule has 0 radical (unpaired) electrons. The molecule has 0 aromatic heterocycles. The summed E-state index contributed by atoms with van der Waals surface area (Å²) < 4.78 is 11.5. The minimum Gasteiger partial charge on any atom is -0.481 e. The van der Waals surface area contributed by atoms with Crippen molar-refractivity contribution in [2.45, 2.75) is 266 Å². The first-order valence-corrected chi connectivity index (χ1v) is 30.0. The molecule has 8 rings (SSSR count). The van der Waals surface area contributed by atoms with Crippen LogP contribution >= 0.6 is 0 Å². The van der Waals surface area contributed by atoms with Gasteiger partial charge in [0.05, 0.1) is 24.0 Å². The maximum Gasteiger partial charge on any atom is 0.320 e. The molecule has 0 spiro atoms. The lowest BCUT2D eigenvalue weighted by Gasteiger charge is -2.58. The van der Waals surface area contributed by atoms with Crippen molar-refractivity contribution in [3.05, 3.63) is 23.3 Å². The molecule has 0 heterocycles. The fourth-order valence-electron chi connectivity index (χ4n) is 18.6. The van der Waals surface area contributed by atoms with Crippen molar-refractivity contribution in [1.29, 1.82) is 0 Å². The van der Waals surface area contributed by atoms with Crippen LogP contribution in [0.1, 0.15) is 236 Å². The molecule has 8 aliphatic rings. The number of nitrogens with two attached hydrogens (primary N) is 1. The van der Waals surface area contributed by atoms with Gasteiger partial charge in [-0.15, -0.1) is 0 Å². The molecule has 6 saturated carbocycles. The normalized spacial score (nSPS) is 38.6. The van der Waals surface area contributed by atoms with Gasteiger partial charge in [0.1, 0.15) is 18.2 Å². The summed E-state index contributed by atoms with van der Waals surface area (Å²) in [5.41, 5.74) is 8.69. The van der Waals surface area contributed by atoms with Gasteiger partial charge in [0.25, 0.3) is 0 Å². The van der Waals surface area contributed by atoms with Crippen molar-refractivity contribution in [3.8, 4) is 0 Å². The summed E-state index contributed by atoms with van der Waals surface area (Å²) in [6, 6.07) is -1.02. The van der Waals surface area contributed by atoms with Crippen LogP contribution in [0.3, 0.4) is 0 Å². The minimum atomic E-state index is -1.08. The van der Waals surface area contributed by atoms with Crippen LogP contribution in [0.5, 0.6) is 0 Å². The molecular weight excluding hydrogens is 931 g/mol. The molecule has 0 aliphatic heterocycles. The smallest absolute Gasteiger partial charge is 0.320 e. The van der Waals surface area contributed by atoms with E-state index < -0.39 is 29.2 Å². The van der Waals surface area contributed by atoms with Crippen LogP contribution in [0.4, 0.5) is 0 Å². The van der Waals surface area contributed by atoms with E-state index in [0.717, 1.165) is 130 Å². The van der Waals surface area contributed by atoms with Crippen LogP contribution in [0, 0.1) is 80.8 Å². The Hall–Kier alpha value is -2.76. The lowest BCUT2D eigenvalue weighted by atomic mass is 9.47. The molecular formula is C63H103NO10. The van der Waals surface area contributed by atoms with Gasteiger partial charge in [-0.05, 0) is 218 Å². The Morgan fingerprint density at radius 1 is 0.595 bits per heavy atom. The van der Waals surface area contributed by atoms with Crippen molar-refractivity contribution in [2.24, 2.45) is 86.6 Å². The molecule has 0 aromatic rings. The predicted molar refractivity (Wildman–Crippen MR) is 290 cm³/mol. The van der Waals surface area contributed by atoms with Crippen LogP contribution < -0.4 is 5.73 Å². The molecule has 0 aromatic carbocycles. The second kappa shape index (κ2) is 23.3. The van der Waals surface area contributed by atoms with Crippen LogP contribution in [-0.4, -0.2) is 73.8 Å². The van der Waals surface area contributed by atoms with Crippen LogP contribution in [0.15, 0.2) is 23.3 Å². The third-order valence-electron chi connectivity index (χ3n) is 22.6. The standard InChI is InChI=1S/C32H53NO5.C31H50O5/c1-20(7-6-16-30(2,3)37)24-10-11-25-23-9-8-21-19-22(38-28(34)13-12-27(33)29(35)36)14-17-31(21,4)26(23)15-18-32(24,25)5;1-20(7-6-16-29(2,3)35)24-10-11-25-23-9-8-21-19-22(36-28(34)13-12-27(32)33)14-17-30(21,4)26(23)15-18-31(24,25)5/h8,20,22-27,37H,6-7,9-19,33H2,1-5H3,(H,35,36);8,20,22-26,35H,6-7,9-19H2,1-5H3,(H,32,33)/t20-,22+,23+,24-,25+,26+,27+,31+,32-;20-,22+,23+,24-,25+,26+,30+,31-/m11/s1. The maximum atomic E-state index is 12.4. The summed E-state index contributed by atoms with van der Waals surface area (Å²) in [5.74, 6) is 4.85. The zero-order valence-corrected chi connectivity index (χ0v) is 47.9. The Labute approximate surface area is 446 Å². The fourth-order valence-corrected chi connectivity index (χ4v) is 18.6. The highest BCUT2D eigenvalue weighted by atomic mass is 16.5. The number of hydrogen-bond donors (Lipinski definition) is 5. The summed E-state index contributed by atoms with van der Waals surface area (Å²) in [6.45, 7) is 22.8. The zero-order valence-electron chi connectivity index (χ0n) is 47.9. The van der Waals surface area contributed by atoms with Gasteiger partial charge in [0.15, 0.2) is 0 Å². The van der Waals surface area contributed by atoms with Gasteiger partial charge in [-0.25, -0.2) is 0 Å².